The van der Waals surface area contributed by atoms with Gasteiger partial charge in [-0.15, -0.1) is 0 Å². The molecule has 1 aliphatic rings. The Kier molecular flexibility index (Phi) is 59.0. The maximum Gasteiger partial charge on any atom is 0.306 e. The molecule has 1 heterocycles. The van der Waals surface area contributed by atoms with Gasteiger partial charge in [-0.25, -0.2) is 0 Å². The van der Waals surface area contributed by atoms with E-state index in [1.54, 1.807) is 6.08 Å². The highest BCUT2D eigenvalue weighted by Gasteiger charge is 2.47. The van der Waals surface area contributed by atoms with Gasteiger partial charge in [0.15, 0.2) is 12.4 Å². The van der Waals surface area contributed by atoms with Gasteiger partial charge in [0.2, 0.25) is 5.91 Å². The molecular weight excluding hydrogens is 1100 g/mol. The summed E-state index contributed by atoms with van der Waals surface area (Å²) in [6.45, 7) is 5.65. The standard InChI is InChI=1S/C77H131NO10/c1-4-7-10-13-16-19-22-25-27-29-31-33-35-37-38-40-42-44-46-49-52-55-58-61-64-70(81)76(85)78-68(69(80)63-60-57-54-51-48-24-21-18-15-12-9-6-3)67-86-77-75(74(84)73(83)71(66-79)87-77)88-72(82)65-62-59-56-53-50-47-45-43-41-39-36-34-32-30-28-26-23-20-17-14-11-8-5-2/h8,11,16-17,19-20,25-28,31-34,39,41,45,47,60,63,68-71,73-75,77,79-81,83-84H,4-7,9-10,12-15,18,21-24,29-30,35-38,40,42-44,46,48-59,61-62,64-67H2,1-3H3,(H,78,85)/b11-8-,19-16-,20-17-,27-25-,28-26-,33-31-,34-32-,41-39-,47-45-,63-60+. The van der Waals surface area contributed by atoms with Crippen molar-refractivity contribution in [3.8, 4) is 0 Å². The molecule has 1 amide bonds. The SMILES string of the molecule is CC/C=C\C/C=C\C/C=C\C/C=C\C/C=C\C/C=C\CCCCCCC(=O)OC1C(OCC(NC(=O)C(O)CCCCCCCCCCCCC/C=C\C/C=C\C/C=C\CCCCC)C(O)/C=C/CCCCCCCCCCCC)OC(CO)C(O)C1O. The molecule has 0 aromatic rings. The molecule has 1 aliphatic heterocycles. The normalized spacial score (nSPS) is 18.9. The maximum atomic E-state index is 13.5. The van der Waals surface area contributed by atoms with E-state index < -0.39 is 67.4 Å². The minimum atomic E-state index is -1.63. The Balaban J connectivity index is 2.60. The predicted molar refractivity (Wildman–Crippen MR) is 370 cm³/mol. The molecule has 504 valence electrons. The van der Waals surface area contributed by atoms with Crippen molar-refractivity contribution in [1.29, 1.82) is 0 Å². The van der Waals surface area contributed by atoms with Crippen LogP contribution in [0.15, 0.2) is 122 Å². The molecular formula is C77H131NO10. The molecule has 1 fully saturated rings. The lowest BCUT2D eigenvalue weighted by Crippen LogP contribution is -2.61. The molecule has 0 spiro atoms. The topological polar surface area (TPSA) is 175 Å². The van der Waals surface area contributed by atoms with Gasteiger partial charge in [-0.1, -0.05) is 290 Å². The molecule has 0 bridgehead atoms. The van der Waals surface area contributed by atoms with Crippen LogP contribution in [-0.2, 0) is 23.8 Å². The van der Waals surface area contributed by atoms with Crippen molar-refractivity contribution >= 4 is 11.9 Å². The number of esters is 1. The minimum absolute atomic E-state index is 0.0876. The van der Waals surface area contributed by atoms with Gasteiger partial charge >= 0.3 is 5.97 Å². The van der Waals surface area contributed by atoms with Gasteiger partial charge in [0.1, 0.15) is 24.4 Å². The molecule has 8 atom stereocenters. The highest BCUT2D eigenvalue weighted by Crippen LogP contribution is 2.26. The molecule has 1 rings (SSSR count). The van der Waals surface area contributed by atoms with Crippen LogP contribution in [0.1, 0.15) is 290 Å². The summed E-state index contributed by atoms with van der Waals surface area (Å²) in [4.78, 5) is 26.7. The van der Waals surface area contributed by atoms with E-state index in [9.17, 15) is 35.1 Å². The van der Waals surface area contributed by atoms with Crippen LogP contribution >= 0.6 is 0 Å². The van der Waals surface area contributed by atoms with Crippen LogP contribution in [0.25, 0.3) is 0 Å². The van der Waals surface area contributed by atoms with Crippen LogP contribution < -0.4 is 5.32 Å². The number of hydrogen-bond acceptors (Lipinski definition) is 10. The van der Waals surface area contributed by atoms with Crippen molar-refractivity contribution in [1.82, 2.24) is 5.32 Å². The first-order valence-electron chi connectivity index (χ1n) is 35.8. The second kappa shape index (κ2) is 63.2. The van der Waals surface area contributed by atoms with Gasteiger partial charge in [0, 0.05) is 6.42 Å². The van der Waals surface area contributed by atoms with E-state index in [4.69, 9.17) is 14.2 Å². The van der Waals surface area contributed by atoms with Crippen LogP contribution in [0.3, 0.4) is 0 Å². The fourth-order valence-corrected chi connectivity index (χ4v) is 10.5. The molecule has 11 nitrogen and oxygen atoms in total. The molecule has 6 N–H and O–H groups in total. The van der Waals surface area contributed by atoms with Gasteiger partial charge < -0.3 is 45.1 Å². The fraction of sp³-hybridized carbons (Fsp3) is 0.714. The molecule has 0 saturated carbocycles. The largest absolute Gasteiger partial charge is 0.454 e. The van der Waals surface area contributed by atoms with Crippen molar-refractivity contribution < 1.29 is 49.3 Å². The van der Waals surface area contributed by atoms with Gasteiger partial charge in [0.05, 0.1) is 25.4 Å². The summed E-state index contributed by atoms with van der Waals surface area (Å²) < 4.78 is 17.7. The lowest BCUT2D eigenvalue weighted by atomic mass is 9.99. The highest BCUT2D eigenvalue weighted by atomic mass is 16.7. The summed E-state index contributed by atoms with van der Waals surface area (Å²) in [7, 11) is 0. The zero-order valence-electron chi connectivity index (χ0n) is 56.1. The summed E-state index contributed by atoms with van der Waals surface area (Å²) in [6.07, 6.45) is 78.0. The Labute approximate surface area is 538 Å². The lowest BCUT2D eigenvalue weighted by molar-refractivity contribution is -0.305. The zero-order chi connectivity index (χ0) is 63.9. The molecule has 0 radical (unpaired) electrons. The monoisotopic (exact) mass is 1230 g/mol. The van der Waals surface area contributed by atoms with Crippen LogP contribution in [0.2, 0.25) is 0 Å². The summed E-state index contributed by atoms with van der Waals surface area (Å²) >= 11 is 0. The number of aliphatic hydroxyl groups excluding tert-OH is 5. The number of hydrogen-bond donors (Lipinski definition) is 6. The Hall–Kier alpha value is -3.94. The first kappa shape index (κ1) is 82.1. The van der Waals surface area contributed by atoms with E-state index in [-0.39, 0.29) is 19.4 Å². The average molecular weight is 1230 g/mol. The third-order valence-electron chi connectivity index (χ3n) is 16.1. The Morgan fingerprint density at radius 1 is 0.455 bits per heavy atom. The summed E-state index contributed by atoms with van der Waals surface area (Å²) in [6, 6.07) is -1.04. The Morgan fingerprint density at radius 3 is 1.25 bits per heavy atom. The predicted octanol–water partition coefficient (Wildman–Crippen LogP) is 18.6. The van der Waals surface area contributed by atoms with Crippen molar-refractivity contribution in [3.05, 3.63) is 122 Å². The zero-order valence-corrected chi connectivity index (χ0v) is 56.1. The van der Waals surface area contributed by atoms with Crippen LogP contribution in [-0.4, -0.2) is 99.6 Å². The maximum absolute atomic E-state index is 13.5. The molecule has 0 aliphatic carbocycles. The van der Waals surface area contributed by atoms with E-state index >= 15 is 0 Å². The lowest BCUT2D eigenvalue weighted by Gasteiger charge is -2.41. The number of ether oxygens (including phenoxy) is 3. The quantitative estimate of drug-likeness (QED) is 0.0195. The van der Waals surface area contributed by atoms with Crippen molar-refractivity contribution in [2.24, 2.45) is 0 Å². The number of unbranched alkanes of at least 4 members (excludes halogenated alkanes) is 28. The van der Waals surface area contributed by atoms with E-state index in [1.165, 1.54) is 122 Å². The number of rotatable bonds is 60. The number of nitrogens with one attached hydrogen (secondary N) is 1. The molecule has 1 saturated heterocycles. The smallest absolute Gasteiger partial charge is 0.306 e. The molecule has 0 aromatic heterocycles. The minimum Gasteiger partial charge on any atom is -0.454 e. The summed E-state index contributed by atoms with van der Waals surface area (Å²) in [5, 5.41) is 57.3. The third-order valence-corrected chi connectivity index (χ3v) is 16.1. The molecule has 0 aromatic carbocycles. The van der Waals surface area contributed by atoms with E-state index in [1.807, 2.05) is 6.08 Å². The number of aliphatic hydroxyl groups is 5. The first-order chi connectivity index (χ1) is 43.2. The summed E-state index contributed by atoms with van der Waals surface area (Å²) in [5.41, 5.74) is 0. The number of carbonyl (C=O) groups excluding carboxylic acids is 2. The fourth-order valence-electron chi connectivity index (χ4n) is 10.5. The van der Waals surface area contributed by atoms with Crippen LogP contribution in [0.5, 0.6) is 0 Å². The van der Waals surface area contributed by atoms with Crippen molar-refractivity contribution in [2.75, 3.05) is 13.2 Å². The number of amides is 1. The number of allylic oxidation sites excluding steroid dienone is 19. The second-order valence-electron chi connectivity index (χ2n) is 24.2. The number of carbonyl (C=O) groups is 2. The first-order valence-corrected chi connectivity index (χ1v) is 35.8. The van der Waals surface area contributed by atoms with Gasteiger partial charge in [-0.05, 0) is 116 Å². The van der Waals surface area contributed by atoms with E-state index in [0.717, 1.165) is 122 Å². The van der Waals surface area contributed by atoms with E-state index in [0.29, 0.717) is 12.8 Å². The third kappa shape index (κ3) is 49.8. The highest BCUT2D eigenvalue weighted by molar-refractivity contribution is 5.80. The molecule has 88 heavy (non-hydrogen) atoms. The average Bonchev–Trinajstić information content (AvgIpc) is 2.54. The Bertz CT molecular complexity index is 1900. The molecule has 11 heteroatoms. The summed E-state index contributed by atoms with van der Waals surface area (Å²) in [5.74, 6) is -1.23. The van der Waals surface area contributed by atoms with Crippen LogP contribution in [0.4, 0.5) is 0 Å². The van der Waals surface area contributed by atoms with Gasteiger partial charge in [-0.2, -0.15) is 0 Å². The second-order valence-corrected chi connectivity index (χ2v) is 24.2. The Morgan fingerprint density at radius 2 is 0.818 bits per heavy atom. The van der Waals surface area contributed by atoms with Crippen molar-refractivity contribution in [2.45, 2.75) is 339 Å². The van der Waals surface area contributed by atoms with Gasteiger partial charge in [0.25, 0.3) is 0 Å². The van der Waals surface area contributed by atoms with Gasteiger partial charge in [-0.3, -0.25) is 9.59 Å². The van der Waals surface area contributed by atoms with E-state index in [2.05, 4.69) is 135 Å². The molecule has 8 unspecified atom stereocenters. The van der Waals surface area contributed by atoms with Crippen molar-refractivity contribution in [3.63, 3.8) is 0 Å². The van der Waals surface area contributed by atoms with Crippen LogP contribution in [0, 0.1) is 0 Å².